The fourth-order valence-corrected chi connectivity index (χ4v) is 3.77. The lowest BCUT2D eigenvalue weighted by Gasteiger charge is -2.17. The van der Waals surface area contributed by atoms with Gasteiger partial charge in [-0.3, -0.25) is 0 Å². The molecule has 0 spiro atoms. The molecule has 126 valence electrons. The van der Waals surface area contributed by atoms with Crippen LogP contribution in [0.15, 0.2) is 42.5 Å². The van der Waals surface area contributed by atoms with Crippen molar-refractivity contribution >= 4 is 0 Å². The Morgan fingerprint density at radius 3 is 2.08 bits per heavy atom. The average molecular weight is 328 g/mol. The number of rotatable bonds is 3. The Kier molecular flexibility index (Phi) is 3.82. The van der Waals surface area contributed by atoms with Crippen molar-refractivity contribution in [3.05, 3.63) is 53.6 Å². The van der Waals surface area contributed by atoms with Gasteiger partial charge in [-0.25, -0.2) is 0 Å². The molecule has 0 radical (unpaired) electrons. The Hall–Kier alpha value is -2.24. The second-order valence-corrected chi connectivity index (χ2v) is 6.36. The van der Waals surface area contributed by atoms with Crippen LogP contribution in [0.3, 0.4) is 0 Å². The second-order valence-electron chi connectivity index (χ2n) is 6.36. The summed E-state index contributed by atoms with van der Waals surface area (Å²) in [4.78, 5) is 0. The standard InChI is InChI=1S/C19H20O5/c1-22-17-8-12(4-7-16(17)21)19-15-10-23-18(14(15)9-24-19)11-2-5-13(20)6-3-11/h2-8,14-15,18-21H,9-10H2,1H3. The van der Waals surface area contributed by atoms with Crippen LogP contribution in [0.2, 0.25) is 0 Å². The quantitative estimate of drug-likeness (QED) is 0.906. The van der Waals surface area contributed by atoms with Gasteiger partial charge in [-0.05, 0) is 35.4 Å². The fraction of sp³-hybridized carbons (Fsp3) is 0.368. The van der Waals surface area contributed by atoms with Crippen LogP contribution in [0.25, 0.3) is 0 Å². The molecule has 2 aromatic rings. The number of ether oxygens (including phenoxy) is 3. The van der Waals surface area contributed by atoms with E-state index in [9.17, 15) is 10.2 Å². The summed E-state index contributed by atoms with van der Waals surface area (Å²) in [6.45, 7) is 1.26. The number of phenols is 2. The summed E-state index contributed by atoms with van der Waals surface area (Å²) >= 11 is 0. The second kappa shape index (κ2) is 6.00. The molecular weight excluding hydrogens is 308 g/mol. The summed E-state index contributed by atoms with van der Waals surface area (Å²) < 4.78 is 17.3. The largest absolute Gasteiger partial charge is 0.508 e. The van der Waals surface area contributed by atoms with Gasteiger partial charge < -0.3 is 24.4 Å². The van der Waals surface area contributed by atoms with Gasteiger partial charge in [0.25, 0.3) is 0 Å². The molecule has 4 unspecified atom stereocenters. The van der Waals surface area contributed by atoms with Crippen LogP contribution in [0.1, 0.15) is 23.3 Å². The van der Waals surface area contributed by atoms with E-state index in [4.69, 9.17) is 14.2 Å². The number of benzene rings is 2. The molecule has 0 bridgehead atoms. The SMILES string of the molecule is COc1cc(C2OCC3C(c4ccc(O)cc4)OCC23)ccc1O. The highest BCUT2D eigenvalue weighted by Crippen LogP contribution is 2.50. The maximum absolute atomic E-state index is 9.77. The summed E-state index contributed by atoms with van der Waals surface area (Å²) in [5.74, 6) is 1.37. The minimum atomic E-state index is -0.0633. The van der Waals surface area contributed by atoms with E-state index >= 15 is 0 Å². The average Bonchev–Trinajstić information content (AvgIpc) is 3.18. The molecule has 0 aliphatic carbocycles. The number of phenolic OH excluding ortho intramolecular Hbond substituents is 2. The molecular formula is C19H20O5. The maximum Gasteiger partial charge on any atom is 0.160 e. The Bertz CT molecular complexity index is 727. The van der Waals surface area contributed by atoms with E-state index in [0.717, 1.165) is 11.1 Å². The summed E-state index contributed by atoms with van der Waals surface area (Å²) in [6, 6.07) is 12.5. The molecule has 2 aromatic carbocycles. The molecule has 0 aromatic heterocycles. The van der Waals surface area contributed by atoms with Crippen LogP contribution in [0.4, 0.5) is 0 Å². The Balaban J connectivity index is 1.57. The van der Waals surface area contributed by atoms with Gasteiger partial charge in [-0.1, -0.05) is 18.2 Å². The molecule has 2 heterocycles. The lowest BCUT2D eigenvalue weighted by Crippen LogP contribution is -2.14. The van der Waals surface area contributed by atoms with Crippen molar-refractivity contribution in [1.29, 1.82) is 0 Å². The number of hydrogen-bond acceptors (Lipinski definition) is 5. The molecule has 2 N–H and O–H groups in total. The van der Waals surface area contributed by atoms with Crippen LogP contribution in [0.5, 0.6) is 17.2 Å². The predicted molar refractivity (Wildman–Crippen MR) is 87.1 cm³/mol. The van der Waals surface area contributed by atoms with E-state index in [2.05, 4.69) is 0 Å². The topological polar surface area (TPSA) is 68.2 Å². The summed E-state index contributed by atoms with van der Waals surface area (Å²) in [5.41, 5.74) is 2.06. The van der Waals surface area contributed by atoms with Gasteiger partial charge in [0.2, 0.25) is 0 Å². The van der Waals surface area contributed by atoms with Gasteiger partial charge in [0.1, 0.15) is 5.75 Å². The molecule has 2 aliphatic rings. The molecule has 4 atom stereocenters. The van der Waals surface area contributed by atoms with Crippen molar-refractivity contribution in [2.45, 2.75) is 12.2 Å². The molecule has 2 aliphatic heterocycles. The Morgan fingerprint density at radius 2 is 1.46 bits per heavy atom. The third-order valence-corrected chi connectivity index (χ3v) is 5.02. The van der Waals surface area contributed by atoms with Crippen LogP contribution in [0, 0.1) is 11.8 Å². The normalized spacial score (nSPS) is 28.7. The first kappa shape index (κ1) is 15.3. The zero-order valence-corrected chi connectivity index (χ0v) is 13.4. The van der Waals surface area contributed by atoms with Gasteiger partial charge in [-0.2, -0.15) is 0 Å². The van der Waals surface area contributed by atoms with Crippen molar-refractivity contribution in [3.8, 4) is 17.2 Å². The van der Waals surface area contributed by atoms with Crippen molar-refractivity contribution in [2.24, 2.45) is 11.8 Å². The number of fused-ring (bicyclic) bond motifs is 1. The van der Waals surface area contributed by atoms with Gasteiger partial charge in [0.15, 0.2) is 11.5 Å². The zero-order chi connectivity index (χ0) is 16.7. The van der Waals surface area contributed by atoms with Gasteiger partial charge in [0, 0.05) is 11.8 Å². The molecule has 5 heteroatoms. The zero-order valence-electron chi connectivity index (χ0n) is 13.4. The first-order chi connectivity index (χ1) is 11.7. The van der Waals surface area contributed by atoms with Crippen molar-refractivity contribution in [3.63, 3.8) is 0 Å². The minimum absolute atomic E-state index is 0.0142. The van der Waals surface area contributed by atoms with Crippen molar-refractivity contribution < 1.29 is 24.4 Å². The van der Waals surface area contributed by atoms with Crippen LogP contribution in [-0.2, 0) is 9.47 Å². The molecule has 4 rings (SSSR count). The van der Waals surface area contributed by atoms with E-state index in [1.807, 2.05) is 24.3 Å². The van der Waals surface area contributed by atoms with Crippen molar-refractivity contribution in [1.82, 2.24) is 0 Å². The lowest BCUT2D eigenvalue weighted by atomic mass is 9.85. The van der Waals surface area contributed by atoms with Crippen LogP contribution in [-0.4, -0.2) is 30.5 Å². The van der Waals surface area contributed by atoms with Crippen LogP contribution >= 0.6 is 0 Å². The third-order valence-electron chi connectivity index (χ3n) is 5.02. The highest BCUT2D eigenvalue weighted by Gasteiger charge is 2.48. The predicted octanol–water partition coefficient (Wildman–Crippen LogP) is 3.18. The van der Waals surface area contributed by atoms with Gasteiger partial charge in [0.05, 0.1) is 32.5 Å². The summed E-state index contributed by atoms with van der Waals surface area (Å²) in [7, 11) is 1.54. The van der Waals surface area contributed by atoms with Gasteiger partial charge in [-0.15, -0.1) is 0 Å². The number of hydrogen-bond donors (Lipinski definition) is 2. The van der Waals surface area contributed by atoms with Crippen molar-refractivity contribution in [2.75, 3.05) is 20.3 Å². The third kappa shape index (κ3) is 2.50. The van der Waals surface area contributed by atoms with E-state index in [0.29, 0.717) is 19.0 Å². The first-order valence-electron chi connectivity index (χ1n) is 8.06. The first-order valence-corrected chi connectivity index (χ1v) is 8.06. The molecule has 5 nitrogen and oxygen atoms in total. The van der Waals surface area contributed by atoms with E-state index in [-0.39, 0.29) is 35.5 Å². The smallest absolute Gasteiger partial charge is 0.160 e. The van der Waals surface area contributed by atoms with Crippen LogP contribution < -0.4 is 4.74 Å². The molecule has 0 amide bonds. The molecule has 24 heavy (non-hydrogen) atoms. The summed E-state index contributed by atoms with van der Waals surface area (Å²) in [6.07, 6.45) is -0.0776. The molecule has 2 saturated heterocycles. The van der Waals surface area contributed by atoms with Gasteiger partial charge >= 0.3 is 0 Å². The van der Waals surface area contributed by atoms with E-state index in [1.165, 1.54) is 7.11 Å². The number of aromatic hydroxyl groups is 2. The Morgan fingerprint density at radius 1 is 0.875 bits per heavy atom. The molecule has 2 fully saturated rings. The Labute approximate surface area is 140 Å². The van der Waals surface area contributed by atoms with E-state index < -0.39 is 0 Å². The number of methoxy groups -OCH3 is 1. The van der Waals surface area contributed by atoms with E-state index in [1.54, 1.807) is 18.2 Å². The monoisotopic (exact) mass is 328 g/mol. The minimum Gasteiger partial charge on any atom is -0.508 e. The highest BCUT2D eigenvalue weighted by molar-refractivity contribution is 5.43. The maximum atomic E-state index is 9.77. The molecule has 0 saturated carbocycles. The fourth-order valence-electron chi connectivity index (χ4n) is 3.77. The highest BCUT2D eigenvalue weighted by atomic mass is 16.5. The summed E-state index contributed by atoms with van der Waals surface area (Å²) in [5, 5.41) is 19.2. The lowest BCUT2D eigenvalue weighted by molar-refractivity contribution is 0.0192.